The Morgan fingerprint density at radius 1 is 1.50 bits per heavy atom. The van der Waals surface area contributed by atoms with Crippen molar-refractivity contribution >= 4 is 0 Å². The summed E-state index contributed by atoms with van der Waals surface area (Å²) in [5, 5.41) is 3.46. The van der Waals surface area contributed by atoms with Gasteiger partial charge in [0.15, 0.2) is 0 Å². The Bertz CT molecular complexity index is 110. The fourth-order valence-electron chi connectivity index (χ4n) is 1.00. The Hall–Kier alpha value is -0.340. The molecule has 0 amide bonds. The molecule has 0 aromatic heterocycles. The van der Waals surface area contributed by atoms with Crippen LogP contribution >= 0.6 is 0 Å². The van der Waals surface area contributed by atoms with Crippen molar-refractivity contribution < 1.29 is 0 Å². The minimum absolute atomic E-state index is 0.614. The van der Waals surface area contributed by atoms with E-state index in [4.69, 9.17) is 0 Å². The number of nitrogens with one attached hydrogen (secondary N) is 1. The second-order valence-electron chi connectivity index (χ2n) is 3.52. The molecule has 0 aliphatic carbocycles. The smallest absolute Gasteiger partial charge is 0.0101 e. The molecule has 0 aliphatic rings. The lowest BCUT2D eigenvalue weighted by molar-refractivity contribution is 0.383. The van der Waals surface area contributed by atoms with Gasteiger partial charge in [0.25, 0.3) is 0 Å². The van der Waals surface area contributed by atoms with Gasteiger partial charge in [-0.1, -0.05) is 6.08 Å². The van der Waals surface area contributed by atoms with E-state index in [1.165, 1.54) is 6.42 Å². The molecule has 0 saturated heterocycles. The van der Waals surface area contributed by atoms with Gasteiger partial charge < -0.3 is 10.2 Å². The third-order valence-electron chi connectivity index (χ3n) is 1.86. The van der Waals surface area contributed by atoms with Crippen LogP contribution in [0.15, 0.2) is 12.7 Å². The number of likely N-dealkylation sites (N-methyl/N-ethyl adjacent to an activating group) is 1. The number of nitrogens with zero attached hydrogens (tertiary/aromatic N) is 1. The summed E-state index contributed by atoms with van der Waals surface area (Å²) in [5.41, 5.74) is 0. The van der Waals surface area contributed by atoms with E-state index in [9.17, 15) is 0 Å². The highest BCUT2D eigenvalue weighted by Gasteiger charge is 1.98. The monoisotopic (exact) mass is 170 g/mol. The van der Waals surface area contributed by atoms with Crippen molar-refractivity contribution in [2.45, 2.75) is 25.8 Å². The van der Waals surface area contributed by atoms with Crippen molar-refractivity contribution in [3.8, 4) is 0 Å². The zero-order valence-electron chi connectivity index (χ0n) is 8.64. The third kappa shape index (κ3) is 7.76. The highest BCUT2D eigenvalue weighted by atomic mass is 15.1. The molecule has 0 saturated carbocycles. The molecule has 1 atom stereocenters. The van der Waals surface area contributed by atoms with E-state index in [0.717, 1.165) is 19.5 Å². The Labute approximate surface area is 76.6 Å². The molecule has 0 rings (SSSR count). The van der Waals surface area contributed by atoms with E-state index in [1.807, 2.05) is 6.08 Å². The van der Waals surface area contributed by atoms with Crippen LogP contribution in [0.1, 0.15) is 19.8 Å². The average molecular weight is 170 g/mol. The molecule has 0 radical (unpaired) electrons. The molecule has 2 heteroatoms. The van der Waals surface area contributed by atoms with Gasteiger partial charge in [0.1, 0.15) is 0 Å². The molecule has 72 valence electrons. The molecule has 0 heterocycles. The second kappa shape index (κ2) is 7.32. The van der Waals surface area contributed by atoms with Gasteiger partial charge in [-0.05, 0) is 33.9 Å². The number of allylic oxidation sites excluding steroid dienone is 1. The Balaban J connectivity index is 3.18. The van der Waals surface area contributed by atoms with Gasteiger partial charge in [0.2, 0.25) is 0 Å². The van der Waals surface area contributed by atoms with Crippen LogP contribution in [-0.2, 0) is 0 Å². The van der Waals surface area contributed by atoms with Crippen LogP contribution in [0.2, 0.25) is 0 Å². The largest absolute Gasteiger partial charge is 0.313 e. The Morgan fingerprint density at radius 3 is 2.67 bits per heavy atom. The summed E-state index contributed by atoms with van der Waals surface area (Å²) in [6.45, 7) is 8.11. The van der Waals surface area contributed by atoms with Gasteiger partial charge in [0, 0.05) is 19.1 Å². The van der Waals surface area contributed by atoms with Crippen LogP contribution in [0, 0.1) is 0 Å². The maximum absolute atomic E-state index is 3.71. The minimum Gasteiger partial charge on any atom is -0.313 e. The van der Waals surface area contributed by atoms with E-state index in [0.29, 0.717) is 6.04 Å². The van der Waals surface area contributed by atoms with Crippen LogP contribution in [0.3, 0.4) is 0 Å². The lowest BCUT2D eigenvalue weighted by atomic mass is 10.2. The van der Waals surface area contributed by atoms with Gasteiger partial charge >= 0.3 is 0 Å². The van der Waals surface area contributed by atoms with Crippen molar-refractivity contribution in [3.63, 3.8) is 0 Å². The molecule has 0 spiro atoms. The number of hydrogen-bond donors (Lipinski definition) is 1. The van der Waals surface area contributed by atoms with Crippen molar-refractivity contribution in [1.29, 1.82) is 0 Å². The lowest BCUT2D eigenvalue weighted by Gasteiger charge is -2.15. The molecule has 0 aromatic carbocycles. The van der Waals surface area contributed by atoms with Crippen LogP contribution in [0.5, 0.6) is 0 Å². The molecule has 1 N–H and O–H groups in total. The number of rotatable bonds is 7. The SMILES string of the molecule is C=CCCC(C)NCCN(C)C. The van der Waals surface area contributed by atoms with Crippen molar-refractivity contribution in [2.24, 2.45) is 0 Å². The summed E-state index contributed by atoms with van der Waals surface area (Å²) in [6.07, 6.45) is 4.27. The third-order valence-corrected chi connectivity index (χ3v) is 1.86. The van der Waals surface area contributed by atoms with Crippen molar-refractivity contribution in [3.05, 3.63) is 12.7 Å². The molecule has 1 unspecified atom stereocenters. The van der Waals surface area contributed by atoms with Gasteiger partial charge in [-0.25, -0.2) is 0 Å². The van der Waals surface area contributed by atoms with E-state index < -0.39 is 0 Å². The molecule has 0 aromatic rings. The first-order valence-corrected chi connectivity index (χ1v) is 4.65. The van der Waals surface area contributed by atoms with Gasteiger partial charge in [-0.3, -0.25) is 0 Å². The average Bonchev–Trinajstić information content (AvgIpc) is 2.00. The molecule has 0 bridgehead atoms. The van der Waals surface area contributed by atoms with Crippen molar-refractivity contribution in [2.75, 3.05) is 27.2 Å². The summed E-state index contributed by atoms with van der Waals surface area (Å²) in [7, 11) is 4.19. The molecule has 2 nitrogen and oxygen atoms in total. The maximum atomic E-state index is 3.71. The van der Waals surface area contributed by atoms with Crippen molar-refractivity contribution in [1.82, 2.24) is 10.2 Å². The summed E-state index contributed by atoms with van der Waals surface area (Å²) in [5.74, 6) is 0. The van der Waals surface area contributed by atoms with Gasteiger partial charge in [0.05, 0.1) is 0 Å². The first kappa shape index (κ1) is 11.7. The Kier molecular flexibility index (Phi) is 7.11. The van der Waals surface area contributed by atoms with Crippen LogP contribution in [0.25, 0.3) is 0 Å². The van der Waals surface area contributed by atoms with E-state index >= 15 is 0 Å². The maximum Gasteiger partial charge on any atom is 0.0101 e. The molecular formula is C10H22N2. The predicted molar refractivity (Wildman–Crippen MR) is 55.4 cm³/mol. The molecule has 0 aliphatic heterocycles. The van der Waals surface area contributed by atoms with E-state index in [1.54, 1.807) is 0 Å². The standard InChI is InChI=1S/C10H22N2/c1-5-6-7-10(2)11-8-9-12(3)4/h5,10-11H,1,6-9H2,2-4H3. The fraction of sp³-hybridized carbons (Fsp3) is 0.800. The highest BCUT2D eigenvalue weighted by molar-refractivity contribution is 4.71. The summed E-state index contributed by atoms with van der Waals surface area (Å²) in [6, 6.07) is 0.614. The summed E-state index contributed by atoms with van der Waals surface area (Å²) in [4.78, 5) is 2.19. The predicted octanol–water partition coefficient (Wildman–Crippen LogP) is 1.49. The quantitative estimate of drug-likeness (QED) is 0.582. The minimum atomic E-state index is 0.614. The van der Waals surface area contributed by atoms with Crippen LogP contribution < -0.4 is 5.32 Å². The first-order chi connectivity index (χ1) is 5.66. The van der Waals surface area contributed by atoms with Gasteiger partial charge in [-0.15, -0.1) is 6.58 Å². The summed E-state index contributed by atoms with van der Waals surface area (Å²) >= 11 is 0. The van der Waals surface area contributed by atoms with Crippen LogP contribution in [-0.4, -0.2) is 38.1 Å². The number of hydrogen-bond acceptors (Lipinski definition) is 2. The lowest BCUT2D eigenvalue weighted by Crippen LogP contribution is -2.32. The molecule has 12 heavy (non-hydrogen) atoms. The second-order valence-corrected chi connectivity index (χ2v) is 3.52. The normalized spacial score (nSPS) is 13.3. The van der Waals surface area contributed by atoms with Crippen LogP contribution in [0.4, 0.5) is 0 Å². The fourth-order valence-corrected chi connectivity index (χ4v) is 1.00. The topological polar surface area (TPSA) is 15.3 Å². The zero-order valence-corrected chi connectivity index (χ0v) is 8.64. The Morgan fingerprint density at radius 2 is 2.17 bits per heavy atom. The zero-order chi connectivity index (χ0) is 9.40. The summed E-state index contributed by atoms with van der Waals surface area (Å²) < 4.78 is 0. The molecular weight excluding hydrogens is 148 g/mol. The first-order valence-electron chi connectivity index (χ1n) is 4.65. The van der Waals surface area contributed by atoms with E-state index in [2.05, 4.69) is 37.8 Å². The molecule has 0 fully saturated rings. The van der Waals surface area contributed by atoms with E-state index in [-0.39, 0.29) is 0 Å². The highest BCUT2D eigenvalue weighted by Crippen LogP contribution is 1.95. The van der Waals surface area contributed by atoms with Gasteiger partial charge in [-0.2, -0.15) is 0 Å².